The number of rotatable bonds is 5. The molecule has 0 radical (unpaired) electrons. The zero-order valence-corrected chi connectivity index (χ0v) is 11.3. The Balaban J connectivity index is 1.86. The second kappa shape index (κ2) is 6.49. The summed E-state index contributed by atoms with van der Waals surface area (Å²) in [6.45, 7) is 1.92. The van der Waals surface area contributed by atoms with Crippen LogP contribution < -0.4 is 5.32 Å². The molecule has 0 aromatic carbocycles. The van der Waals surface area contributed by atoms with E-state index in [9.17, 15) is 18.0 Å². The van der Waals surface area contributed by atoms with E-state index < -0.39 is 17.2 Å². The largest absolute Gasteiger partial charge is 0.442 e. The van der Waals surface area contributed by atoms with E-state index in [1.165, 1.54) is 6.20 Å². The average Bonchev–Trinajstić information content (AvgIpc) is 2.99. The van der Waals surface area contributed by atoms with Crippen LogP contribution in [-0.4, -0.2) is 40.2 Å². The molecule has 2 rings (SSSR count). The van der Waals surface area contributed by atoms with Gasteiger partial charge in [0.05, 0.1) is 18.6 Å². The third-order valence-corrected chi connectivity index (χ3v) is 3.54. The molecule has 1 fully saturated rings. The van der Waals surface area contributed by atoms with Crippen LogP contribution in [0.2, 0.25) is 0 Å². The Morgan fingerprint density at radius 3 is 3.05 bits per heavy atom. The topological polar surface area (TPSA) is 56.2 Å². The molecule has 0 aliphatic carbocycles. The summed E-state index contributed by atoms with van der Waals surface area (Å²) in [5.74, 6) is -0.641. The minimum atomic E-state index is -4.40. The van der Waals surface area contributed by atoms with Gasteiger partial charge in [-0.1, -0.05) is 0 Å². The first-order valence-corrected chi connectivity index (χ1v) is 7.03. The number of aromatic nitrogens is 2. The zero-order valence-electron chi connectivity index (χ0n) is 10.5. The molecule has 1 N–H and O–H groups in total. The maximum atomic E-state index is 12.0. The lowest BCUT2D eigenvalue weighted by molar-refractivity contribution is -0.114. The lowest BCUT2D eigenvalue weighted by atomic mass is 10.1. The van der Waals surface area contributed by atoms with Gasteiger partial charge in [-0.2, -0.15) is 18.3 Å². The molecule has 1 aromatic heterocycles. The molecule has 20 heavy (non-hydrogen) atoms. The van der Waals surface area contributed by atoms with Gasteiger partial charge < -0.3 is 10.1 Å². The Morgan fingerprint density at radius 1 is 1.60 bits per heavy atom. The van der Waals surface area contributed by atoms with Crippen LogP contribution in [0.5, 0.6) is 0 Å². The number of thioether (sulfide) groups is 1. The molecule has 1 aliphatic rings. The van der Waals surface area contributed by atoms with Crippen molar-refractivity contribution in [1.29, 1.82) is 0 Å². The second-order valence-corrected chi connectivity index (χ2v) is 5.45. The highest BCUT2D eigenvalue weighted by atomic mass is 32.2. The Bertz CT molecular complexity index is 458. The predicted molar refractivity (Wildman–Crippen MR) is 68.3 cm³/mol. The molecule has 112 valence electrons. The lowest BCUT2D eigenvalue weighted by Gasteiger charge is -2.12. The molecule has 0 bridgehead atoms. The fraction of sp³-hybridized carbons (Fsp3) is 0.636. The molecule has 1 aliphatic heterocycles. The van der Waals surface area contributed by atoms with E-state index in [-0.39, 0.29) is 11.8 Å². The molecule has 5 nitrogen and oxygen atoms in total. The minimum absolute atomic E-state index is 0.315. The molecule has 0 unspecified atom stereocenters. The van der Waals surface area contributed by atoms with E-state index >= 15 is 0 Å². The third-order valence-electron chi connectivity index (χ3n) is 2.81. The summed E-state index contributed by atoms with van der Waals surface area (Å²) in [5.41, 5.74) is -4.40. The van der Waals surface area contributed by atoms with Crippen molar-refractivity contribution < 1.29 is 22.7 Å². The van der Waals surface area contributed by atoms with Crippen molar-refractivity contribution in [3.8, 4) is 0 Å². The molecular weight excluding hydrogens is 295 g/mol. The first kappa shape index (κ1) is 15.2. The number of halogens is 3. The number of hydrogen-bond acceptors (Lipinski definition) is 4. The van der Waals surface area contributed by atoms with Crippen molar-refractivity contribution in [3.05, 3.63) is 12.3 Å². The number of anilines is 1. The van der Waals surface area contributed by atoms with Crippen LogP contribution in [0, 0.1) is 5.92 Å². The molecule has 9 heteroatoms. The van der Waals surface area contributed by atoms with Gasteiger partial charge in [-0.3, -0.25) is 4.79 Å². The molecular formula is C11H14F3N3O2S. The summed E-state index contributed by atoms with van der Waals surface area (Å²) >= 11 is -0.359. The highest BCUT2D eigenvalue weighted by Gasteiger charge is 2.29. The van der Waals surface area contributed by atoms with E-state index in [1.54, 1.807) is 10.7 Å². The van der Waals surface area contributed by atoms with Gasteiger partial charge in [0, 0.05) is 25.1 Å². The third kappa shape index (κ3) is 4.71. The van der Waals surface area contributed by atoms with Gasteiger partial charge in [0.2, 0.25) is 5.91 Å². The number of nitrogens with zero attached hydrogens (tertiary/aromatic N) is 2. The van der Waals surface area contributed by atoms with Crippen molar-refractivity contribution in [2.24, 2.45) is 5.92 Å². The van der Waals surface area contributed by atoms with Crippen molar-refractivity contribution in [3.63, 3.8) is 0 Å². The van der Waals surface area contributed by atoms with Crippen LogP contribution >= 0.6 is 11.8 Å². The van der Waals surface area contributed by atoms with Crippen LogP contribution in [0.15, 0.2) is 12.3 Å². The van der Waals surface area contributed by atoms with Crippen LogP contribution in [0.3, 0.4) is 0 Å². The maximum absolute atomic E-state index is 12.0. The number of hydrogen-bond donors (Lipinski definition) is 1. The molecule has 1 aromatic rings. The molecule has 1 amide bonds. The van der Waals surface area contributed by atoms with Gasteiger partial charge in [-0.05, 0) is 18.2 Å². The number of carbonyl (C=O) groups excluding carboxylic acids is 1. The lowest BCUT2D eigenvalue weighted by Crippen LogP contribution is -2.21. The zero-order chi connectivity index (χ0) is 14.6. The summed E-state index contributed by atoms with van der Waals surface area (Å²) < 4.78 is 42.8. The summed E-state index contributed by atoms with van der Waals surface area (Å²) in [6, 6.07) is 1.56. The highest BCUT2D eigenvalue weighted by Crippen LogP contribution is 2.30. The number of amides is 1. The van der Waals surface area contributed by atoms with E-state index in [1.807, 2.05) is 0 Å². The Hall–Kier alpha value is -1.22. The Kier molecular flexibility index (Phi) is 4.92. The van der Waals surface area contributed by atoms with E-state index in [0.717, 1.165) is 6.42 Å². The normalized spacial score (nSPS) is 19.2. The molecule has 1 saturated heterocycles. The standard InChI is InChI=1S/C11H14F3N3O2S/c12-11(13,14)20-7-10(18)16-9-1-3-15-17(9)5-8-2-4-19-6-8/h1,3,8H,2,4-7H2,(H,16,18)/t8-/m1/s1. The van der Waals surface area contributed by atoms with E-state index in [4.69, 9.17) is 4.74 Å². The highest BCUT2D eigenvalue weighted by molar-refractivity contribution is 8.00. The average molecular weight is 309 g/mol. The van der Waals surface area contributed by atoms with E-state index in [0.29, 0.717) is 31.5 Å². The Labute approximate surface area is 117 Å². The van der Waals surface area contributed by atoms with Crippen LogP contribution in [0.4, 0.5) is 19.0 Å². The summed E-state index contributed by atoms with van der Waals surface area (Å²) in [5, 5.41) is 6.50. The van der Waals surface area contributed by atoms with Gasteiger partial charge in [-0.25, -0.2) is 4.68 Å². The quantitative estimate of drug-likeness (QED) is 0.905. The molecule has 0 spiro atoms. The summed E-state index contributed by atoms with van der Waals surface area (Å²) in [6.07, 6.45) is 2.42. The first-order valence-electron chi connectivity index (χ1n) is 6.04. The van der Waals surface area contributed by atoms with Gasteiger partial charge >= 0.3 is 5.51 Å². The predicted octanol–water partition coefficient (Wildman–Crippen LogP) is 2.11. The SMILES string of the molecule is O=C(CSC(F)(F)F)Nc1ccnn1C[C@H]1CCOC1. The minimum Gasteiger partial charge on any atom is -0.381 e. The Morgan fingerprint density at radius 2 is 2.40 bits per heavy atom. The monoisotopic (exact) mass is 309 g/mol. The number of nitrogens with one attached hydrogen (secondary N) is 1. The van der Waals surface area contributed by atoms with Gasteiger partial charge in [0.1, 0.15) is 5.82 Å². The van der Waals surface area contributed by atoms with Crippen LogP contribution in [0.1, 0.15) is 6.42 Å². The van der Waals surface area contributed by atoms with Crippen molar-refractivity contribution >= 4 is 23.5 Å². The smallest absolute Gasteiger partial charge is 0.381 e. The van der Waals surface area contributed by atoms with Gasteiger partial charge in [0.25, 0.3) is 0 Å². The van der Waals surface area contributed by atoms with Crippen molar-refractivity contribution in [2.75, 3.05) is 24.3 Å². The van der Waals surface area contributed by atoms with Gasteiger partial charge in [0.15, 0.2) is 0 Å². The summed E-state index contributed by atoms with van der Waals surface area (Å²) in [7, 11) is 0. The molecule has 0 saturated carbocycles. The number of carbonyl (C=O) groups is 1. The summed E-state index contributed by atoms with van der Waals surface area (Å²) in [4.78, 5) is 11.4. The van der Waals surface area contributed by atoms with Crippen LogP contribution in [0.25, 0.3) is 0 Å². The fourth-order valence-corrected chi connectivity index (χ4v) is 2.25. The van der Waals surface area contributed by atoms with Crippen LogP contribution in [-0.2, 0) is 16.1 Å². The van der Waals surface area contributed by atoms with Crippen molar-refractivity contribution in [2.45, 2.75) is 18.5 Å². The molecule has 1 atom stereocenters. The first-order chi connectivity index (χ1) is 9.44. The van der Waals surface area contributed by atoms with Crippen molar-refractivity contribution in [1.82, 2.24) is 9.78 Å². The number of ether oxygens (including phenoxy) is 1. The fourth-order valence-electron chi connectivity index (χ4n) is 1.88. The maximum Gasteiger partial charge on any atom is 0.442 e. The number of alkyl halides is 3. The molecule has 2 heterocycles. The van der Waals surface area contributed by atoms with E-state index in [2.05, 4.69) is 10.4 Å². The van der Waals surface area contributed by atoms with Gasteiger partial charge in [-0.15, -0.1) is 0 Å². The second-order valence-electron chi connectivity index (χ2n) is 4.41.